The number of pyridine rings is 1. The number of nitrogens with one attached hydrogen (secondary N) is 1. The Morgan fingerprint density at radius 1 is 1.14 bits per heavy atom. The van der Waals surface area contributed by atoms with E-state index in [1.807, 2.05) is 6.92 Å². The molecule has 0 aliphatic heterocycles. The molecular weight excluding hydrogens is 390 g/mol. The highest BCUT2D eigenvalue weighted by Gasteiger charge is 2.19. The largest absolute Gasteiger partial charge is 0.391 e. The Kier molecular flexibility index (Phi) is 6.14. The van der Waals surface area contributed by atoms with Crippen molar-refractivity contribution in [1.29, 1.82) is 0 Å². The number of amides is 1. The SMILES string of the molecule is CCC(O)CN(C)C(=O)c1ccc(NS(=O)(=O)c2cccc3cccnc23)cc1. The number of fused-ring (bicyclic) bond motifs is 1. The molecule has 8 heteroatoms. The first-order valence-corrected chi connectivity index (χ1v) is 10.7. The van der Waals surface area contributed by atoms with Gasteiger partial charge in [0.05, 0.1) is 11.6 Å². The van der Waals surface area contributed by atoms with E-state index in [1.54, 1.807) is 49.6 Å². The van der Waals surface area contributed by atoms with Crippen LogP contribution in [0, 0.1) is 0 Å². The highest BCUT2D eigenvalue weighted by Crippen LogP contribution is 2.23. The van der Waals surface area contributed by atoms with Crippen molar-refractivity contribution in [3.05, 3.63) is 66.4 Å². The summed E-state index contributed by atoms with van der Waals surface area (Å²) in [6, 6.07) is 14.7. The van der Waals surface area contributed by atoms with Gasteiger partial charge in [0.1, 0.15) is 4.90 Å². The summed E-state index contributed by atoms with van der Waals surface area (Å²) in [5.41, 5.74) is 1.14. The molecule has 1 amide bonds. The van der Waals surface area contributed by atoms with Crippen LogP contribution in [0.2, 0.25) is 0 Å². The van der Waals surface area contributed by atoms with Crippen LogP contribution in [0.15, 0.2) is 65.7 Å². The maximum atomic E-state index is 12.8. The van der Waals surface area contributed by atoms with Crippen LogP contribution in [0.25, 0.3) is 10.9 Å². The number of aromatic nitrogens is 1. The van der Waals surface area contributed by atoms with E-state index in [0.29, 0.717) is 23.2 Å². The molecule has 3 rings (SSSR count). The predicted octanol–water partition coefficient (Wildman–Crippen LogP) is 2.88. The number of aliphatic hydroxyl groups excluding tert-OH is 1. The lowest BCUT2D eigenvalue weighted by atomic mass is 10.1. The summed E-state index contributed by atoms with van der Waals surface area (Å²) in [5.74, 6) is -0.245. The molecule has 29 heavy (non-hydrogen) atoms. The summed E-state index contributed by atoms with van der Waals surface area (Å²) in [7, 11) is -2.23. The Morgan fingerprint density at radius 3 is 2.52 bits per heavy atom. The normalized spacial score (nSPS) is 12.5. The number of carbonyl (C=O) groups is 1. The van der Waals surface area contributed by atoms with Crippen molar-refractivity contribution in [2.45, 2.75) is 24.3 Å². The number of benzene rings is 2. The Hall–Kier alpha value is -2.97. The minimum atomic E-state index is -3.85. The molecule has 7 nitrogen and oxygen atoms in total. The Bertz CT molecular complexity index is 1110. The topological polar surface area (TPSA) is 99.6 Å². The van der Waals surface area contributed by atoms with Gasteiger partial charge in [0.2, 0.25) is 0 Å². The molecule has 2 N–H and O–H groups in total. The predicted molar refractivity (Wildman–Crippen MR) is 112 cm³/mol. The highest BCUT2D eigenvalue weighted by molar-refractivity contribution is 7.93. The Morgan fingerprint density at radius 2 is 1.83 bits per heavy atom. The molecular formula is C21H23N3O4S. The molecule has 0 fully saturated rings. The van der Waals surface area contributed by atoms with Gasteiger partial charge < -0.3 is 10.0 Å². The summed E-state index contributed by atoms with van der Waals surface area (Å²) in [5, 5.41) is 10.4. The average Bonchev–Trinajstić information content (AvgIpc) is 2.72. The average molecular weight is 413 g/mol. The molecule has 0 bridgehead atoms. The molecule has 1 heterocycles. The first kappa shape index (κ1) is 20.8. The van der Waals surface area contributed by atoms with Gasteiger partial charge in [-0.3, -0.25) is 14.5 Å². The third kappa shape index (κ3) is 4.72. The van der Waals surface area contributed by atoms with Crippen LogP contribution in [-0.2, 0) is 10.0 Å². The summed E-state index contributed by atoms with van der Waals surface area (Å²) < 4.78 is 28.2. The molecule has 2 aromatic carbocycles. The lowest BCUT2D eigenvalue weighted by Crippen LogP contribution is -2.34. The van der Waals surface area contributed by atoms with Gasteiger partial charge in [-0.2, -0.15) is 0 Å². The molecule has 0 aliphatic carbocycles. The summed E-state index contributed by atoms with van der Waals surface area (Å²) in [4.78, 5) is 18.1. The molecule has 0 aliphatic rings. The zero-order valence-electron chi connectivity index (χ0n) is 16.2. The molecule has 152 valence electrons. The second-order valence-corrected chi connectivity index (χ2v) is 8.41. The van der Waals surface area contributed by atoms with Gasteiger partial charge in [-0.25, -0.2) is 8.42 Å². The van der Waals surface area contributed by atoms with Gasteiger partial charge in [-0.1, -0.05) is 25.1 Å². The maximum absolute atomic E-state index is 12.8. The summed E-state index contributed by atoms with van der Waals surface area (Å²) in [6.45, 7) is 2.08. The van der Waals surface area contributed by atoms with Gasteiger partial charge in [0.15, 0.2) is 0 Å². The standard InChI is InChI=1S/C21H23N3O4S/c1-3-18(25)14-24(2)21(26)16-9-11-17(12-10-16)23-29(27,28)19-8-4-6-15-7-5-13-22-20(15)19/h4-13,18,23,25H,3,14H2,1-2H3. The van der Waals surface area contributed by atoms with Gasteiger partial charge in [-0.05, 0) is 42.8 Å². The van der Waals surface area contributed by atoms with E-state index in [0.717, 1.165) is 5.39 Å². The van der Waals surface area contributed by atoms with Crippen LogP contribution in [-0.4, -0.2) is 49.0 Å². The van der Waals surface area contributed by atoms with Crippen LogP contribution in [0.5, 0.6) is 0 Å². The summed E-state index contributed by atoms with van der Waals surface area (Å²) in [6.07, 6.45) is 1.53. The maximum Gasteiger partial charge on any atom is 0.264 e. The molecule has 0 radical (unpaired) electrons. The zero-order valence-corrected chi connectivity index (χ0v) is 17.1. The molecule has 0 saturated heterocycles. The van der Waals surface area contributed by atoms with Crippen molar-refractivity contribution in [3.63, 3.8) is 0 Å². The third-order valence-electron chi connectivity index (χ3n) is 4.57. The summed E-state index contributed by atoms with van der Waals surface area (Å²) >= 11 is 0. The lowest BCUT2D eigenvalue weighted by Gasteiger charge is -2.20. The third-order valence-corrected chi connectivity index (χ3v) is 5.98. The van der Waals surface area contributed by atoms with Gasteiger partial charge in [0, 0.05) is 36.4 Å². The number of anilines is 1. The fourth-order valence-electron chi connectivity index (χ4n) is 2.93. The van der Waals surface area contributed by atoms with Crippen molar-refractivity contribution in [2.24, 2.45) is 0 Å². The monoisotopic (exact) mass is 413 g/mol. The highest BCUT2D eigenvalue weighted by atomic mass is 32.2. The number of hydrogen-bond donors (Lipinski definition) is 2. The van der Waals surface area contributed by atoms with Crippen LogP contribution < -0.4 is 4.72 Å². The van der Waals surface area contributed by atoms with E-state index in [4.69, 9.17) is 0 Å². The van der Waals surface area contributed by atoms with Gasteiger partial charge >= 0.3 is 0 Å². The number of hydrogen-bond acceptors (Lipinski definition) is 5. The first-order chi connectivity index (χ1) is 13.8. The number of nitrogens with zero attached hydrogens (tertiary/aromatic N) is 2. The molecule has 0 spiro atoms. The fraction of sp³-hybridized carbons (Fsp3) is 0.238. The number of sulfonamides is 1. The zero-order chi connectivity index (χ0) is 21.0. The molecule has 3 aromatic rings. The number of para-hydroxylation sites is 1. The minimum absolute atomic E-state index is 0.0871. The van der Waals surface area contributed by atoms with Gasteiger partial charge in [0.25, 0.3) is 15.9 Å². The van der Waals surface area contributed by atoms with Crippen molar-refractivity contribution < 1.29 is 18.3 Å². The number of aliphatic hydroxyl groups is 1. The van der Waals surface area contributed by atoms with E-state index in [2.05, 4.69) is 9.71 Å². The van der Waals surface area contributed by atoms with Crippen LogP contribution >= 0.6 is 0 Å². The van der Waals surface area contributed by atoms with E-state index in [-0.39, 0.29) is 17.3 Å². The van der Waals surface area contributed by atoms with Crippen molar-refractivity contribution >= 4 is 32.5 Å². The van der Waals surface area contributed by atoms with Crippen molar-refractivity contribution in [3.8, 4) is 0 Å². The fourth-order valence-corrected chi connectivity index (χ4v) is 4.17. The molecule has 1 unspecified atom stereocenters. The quantitative estimate of drug-likeness (QED) is 0.620. The smallest absolute Gasteiger partial charge is 0.264 e. The van der Waals surface area contributed by atoms with E-state index in [9.17, 15) is 18.3 Å². The van der Waals surface area contributed by atoms with Crippen LogP contribution in [0.1, 0.15) is 23.7 Å². The first-order valence-electron chi connectivity index (χ1n) is 9.22. The number of carbonyl (C=O) groups excluding carboxylic acids is 1. The molecule has 1 atom stereocenters. The Balaban J connectivity index is 1.79. The molecule has 0 saturated carbocycles. The van der Waals surface area contributed by atoms with Crippen LogP contribution in [0.3, 0.4) is 0 Å². The minimum Gasteiger partial charge on any atom is -0.391 e. The van der Waals surface area contributed by atoms with E-state index in [1.165, 1.54) is 23.1 Å². The number of likely N-dealkylation sites (N-methyl/N-ethyl adjacent to an activating group) is 1. The van der Waals surface area contributed by atoms with E-state index >= 15 is 0 Å². The second-order valence-electron chi connectivity index (χ2n) is 6.76. The van der Waals surface area contributed by atoms with Crippen molar-refractivity contribution in [2.75, 3.05) is 18.3 Å². The Labute approximate surface area is 170 Å². The van der Waals surface area contributed by atoms with Gasteiger partial charge in [-0.15, -0.1) is 0 Å². The lowest BCUT2D eigenvalue weighted by molar-refractivity contribution is 0.0676. The number of rotatable bonds is 7. The molecule has 1 aromatic heterocycles. The van der Waals surface area contributed by atoms with E-state index < -0.39 is 16.1 Å². The second kappa shape index (κ2) is 8.59. The van der Waals surface area contributed by atoms with Crippen molar-refractivity contribution in [1.82, 2.24) is 9.88 Å². The van der Waals surface area contributed by atoms with Crippen LogP contribution in [0.4, 0.5) is 5.69 Å².